The summed E-state index contributed by atoms with van der Waals surface area (Å²) in [5.41, 5.74) is 0. The second-order valence-electron chi connectivity index (χ2n) is 2.83. The molecule has 1 aromatic heterocycles. The summed E-state index contributed by atoms with van der Waals surface area (Å²) in [5.74, 6) is -0.825. The van der Waals surface area contributed by atoms with Gasteiger partial charge in [0.05, 0.1) is 12.5 Å². The van der Waals surface area contributed by atoms with Gasteiger partial charge < -0.3 is 5.11 Å². The van der Waals surface area contributed by atoms with Crippen molar-refractivity contribution < 1.29 is 9.90 Å². The Morgan fingerprint density at radius 2 is 2.46 bits per heavy atom. The highest BCUT2D eigenvalue weighted by atomic mass is 16.4. The molecule has 0 saturated carbocycles. The van der Waals surface area contributed by atoms with Gasteiger partial charge in [0.25, 0.3) is 0 Å². The predicted molar refractivity (Wildman–Crippen MR) is 44.0 cm³/mol. The normalized spacial score (nSPS) is 12.7. The SMILES string of the molecule is CCCC(CC(=O)O)n1cnnn1. The zero-order valence-corrected chi connectivity index (χ0v) is 7.42. The maximum atomic E-state index is 10.5. The van der Waals surface area contributed by atoms with Crippen LogP contribution in [0.4, 0.5) is 0 Å². The van der Waals surface area contributed by atoms with Crippen LogP contribution in [0.15, 0.2) is 6.33 Å². The molecule has 0 aliphatic carbocycles. The molecule has 1 unspecified atom stereocenters. The fourth-order valence-electron chi connectivity index (χ4n) is 1.20. The summed E-state index contributed by atoms with van der Waals surface area (Å²) in [5, 5.41) is 19.3. The van der Waals surface area contributed by atoms with Gasteiger partial charge in [0.15, 0.2) is 0 Å². The van der Waals surface area contributed by atoms with Gasteiger partial charge in [0, 0.05) is 0 Å². The average Bonchev–Trinajstić information content (AvgIpc) is 2.54. The van der Waals surface area contributed by atoms with Gasteiger partial charge in [-0.15, -0.1) is 5.10 Å². The molecular formula is C7H12N4O2. The summed E-state index contributed by atoms with van der Waals surface area (Å²) >= 11 is 0. The average molecular weight is 184 g/mol. The van der Waals surface area contributed by atoms with Crippen molar-refractivity contribution in [3.05, 3.63) is 6.33 Å². The summed E-state index contributed by atoms with van der Waals surface area (Å²) in [6.07, 6.45) is 3.21. The Hall–Kier alpha value is -1.46. The molecule has 0 aliphatic rings. The molecule has 0 amide bonds. The first-order valence-corrected chi connectivity index (χ1v) is 4.18. The Balaban J connectivity index is 2.62. The molecule has 0 radical (unpaired) electrons. The summed E-state index contributed by atoms with van der Waals surface area (Å²) < 4.78 is 1.50. The Labute approximate surface area is 75.6 Å². The third-order valence-corrected chi connectivity index (χ3v) is 1.77. The molecule has 1 atom stereocenters. The van der Waals surface area contributed by atoms with Gasteiger partial charge in [0.1, 0.15) is 6.33 Å². The van der Waals surface area contributed by atoms with E-state index in [-0.39, 0.29) is 12.5 Å². The van der Waals surface area contributed by atoms with Crippen LogP contribution >= 0.6 is 0 Å². The van der Waals surface area contributed by atoms with Crippen molar-refractivity contribution in [3.8, 4) is 0 Å². The highest BCUT2D eigenvalue weighted by molar-refractivity contribution is 5.67. The van der Waals surface area contributed by atoms with Gasteiger partial charge in [-0.2, -0.15) is 0 Å². The van der Waals surface area contributed by atoms with Crippen LogP contribution < -0.4 is 0 Å². The summed E-state index contributed by atoms with van der Waals surface area (Å²) in [6.45, 7) is 2.00. The van der Waals surface area contributed by atoms with Crippen LogP contribution in [0.25, 0.3) is 0 Å². The van der Waals surface area contributed by atoms with Gasteiger partial charge in [-0.1, -0.05) is 13.3 Å². The second kappa shape index (κ2) is 4.54. The van der Waals surface area contributed by atoms with Crippen LogP contribution in [-0.2, 0) is 4.79 Å². The van der Waals surface area contributed by atoms with Crippen LogP contribution in [0.2, 0.25) is 0 Å². The zero-order chi connectivity index (χ0) is 9.68. The van der Waals surface area contributed by atoms with Crippen molar-refractivity contribution in [1.29, 1.82) is 0 Å². The molecule has 1 rings (SSSR count). The van der Waals surface area contributed by atoms with E-state index in [0.29, 0.717) is 0 Å². The highest BCUT2D eigenvalue weighted by Crippen LogP contribution is 2.15. The van der Waals surface area contributed by atoms with E-state index in [1.165, 1.54) is 11.0 Å². The van der Waals surface area contributed by atoms with Crippen molar-refractivity contribution in [2.45, 2.75) is 32.2 Å². The van der Waals surface area contributed by atoms with Crippen molar-refractivity contribution >= 4 is 5.97 Å². The van der Waals surface area contributed by atoms with E-state index < -0.39 is 5.97 Å². The predicted octanol–water partition coefficient (Wildman–Crippen LogP) is 0.489. The quantitative estimate of drug-likeness (QED) is 0.720. The smallest absolute Gasteiger partial charge is 0.305 e. The van der Waals surface area contributed by atoms with E-state index in [1.54, 1.807) is 0 Å². The maximum absolute atomic E-state index is 10.5. The highest BCUT2D eigenvalue weighted by Gasteiger charge is 2.14. The van der Waals surface area contributed by atoms with E-state index >= 15 is 0 Å². The molecule has 13 heavy (non-hydrogen) atoms. The van der Waals surface area contributed by atoms with Crippen molar-refractivity contribution in [1.82, 2.24) is 20.2 Å². The largest absolute Gasteiger partial charge is 0.481 e. The Morgan fingerprint density at radius 1 is 1.69 bits per heavy atom. The first-order valence-electron chi connectivity index (χ1n) is 4.18. The Kier molecular flexibility index (Phi) is 3.36. The van der Waals surface area contributed by atoms with Gasteiger partial charge in [0.2, 0.25) is 0 Å². The molecule has 1 N–H and O–H groups in total. The molecule has 0 spiro atoms. The molecule has 1 aromatic rings. The summed E-state index contributed by atoms with van der Waals surface area (Å²) in [4.78, 5) is 10.5. The standard InChI is InChI=1S/C7H12N4O2/c1-2-3-6(4-7(12)13)11-5-8-9-10-11/h5-6H,2-4H2,1H3,(H,12,13). The van der Waals surface area contributed by atoms with E-state index in [4.69, 9.17) is 5.11 Å². The minimum absolute atomic E-state index is 0.0683. The second-order valence-corrected chi connectivity index (χ2v) is 2.83. The third kappa shape index (κ3) is 2.81. The Bertz CT molecular complexity index is 259. The number of carbonyl (C=O) groups is 1. The monoisotopic (exact) mass is 184 g/mol. The van der Waals surface area contributed by atoms with Gasteiger partial charge in [-0.05, 0) is 16.8 Å². The van der Waals surface area contributed by atoms with Crippen molar-refractivity contribution in [3.63, 3.8) is 0 Å². The molecule has 0 aromatic carbocycles. The van der Waals surface area contributed by atoms with Crippen molar-refractivity contribution in [2.24, 2.45) is 0 Å². The number of aromatic nitrogens is 4. The van der Waals surface area contributed by atoms with Crippen LogP contribution in [-0.4, -0.2) is 31.3 Å². The molecule has 0 aliphatic heterocycles. The lowest BCUT2D eigenvalue weighted by molar-refractivity contribution is -0.138. The van der Waals surface area contributed by atoms with Gasteiger partial charge in [-0.25, -0.2) is 4.68 Å². The molecule has 0 fully saturated rings. The van der Waals surface area contributed by atoms with Crippen LogP contribution in [0.3, 0.4) is 0 Å². The lowest BCUT2D eigenvalue weighted by atomic mass is 10.1. The van der Waals surface area contributed by atoms with E-state index in [9.17, 15) is 4.79 Å². The molecule has 1 heterocycles. The first-order chi connectivity index (χ1) is 6.24. The molecule has 0 bridgehead atoms. The van der Waals surface area contributed by atoms with Crippen LogP contribution in [0.1, 0.15) is 32.2 Å². The fourth-order valence-corrected chi connectivity index (χ4v) is 1.20. The molecule has 0 saturated heterocycles. The number of aliphatic carboxylic acids is 1. The number of nitrogens with zero attached hydrogens (tertiary/aromatic N) is 4. The van der Waals surface area contributed by atoms with E-state index in [1.807, 2.05) is 6.92 Å². The fraction of sp³-hybridized carbons (Fsp3) is 0.714. The maximum Gasteiger partial charge on any atom is 0.305 e. The lowest BCUT2D eigenvalue weighted by Crippen LogP contribution is -2.14. The van der Waals surface area contributed by atoms with Gasteiger partial charge in [-0.3, -0.25) is 4.79 Å². The lowest BCUT2D eigenvalue weighted by Gasteiger charge is -2.11. The summed E-state index contributed by atoms with van der Waals surface area (Å²) in [7, 11) is 0. The molecule has 6 nitrogen and oxygen atoms in total. The minimum atomic E-state index is -0.825. The first kappa shape index (κ1) is 9.63. The van der Waals surface area contributed by atoms with E-state index in [0.717, 1.165) is 12.8 Å². The topological polar surface area (TPSA) is 80.9 Å². The number of carboxylic acids is 1. The van der Waals surface area contributed by atoms with Crippen LogP contribution in [0.5, 0.6) is 0 Å². The Morgan fingerprint density at radius 3 is 2.92 bits per heavy atom. The van der Waals surface area contributed by atoms with Crippen molar-refractivity contribution in [2.75, 3.05) is 0 Å². The number of hydrogen-bond acceptors (Lipinski definition) is 4. The molecular weight excluding hydrogens is 172 g/mol. The minimum Gasteiger partial charge on any atom is -0.481 e. The molecule has 6 heteroatoms. The number of tetrazole rings is 1. The molecule has 72 valence electrons. The summed E-state index contributed by atoms with van der Waals surface area (Å²) in [6, 6.07) is -0.127. The number of hydrogen-bond donors (Lipinski definition) is 1. The zero-order valence-electron chi connectivity index (χ0n) is 7.42. The van der Waals surface area contributed by atoms with E-state index in [2.05, 4.69) is 15.5 Å². The third-order valence-electron chi connectivity index (χ3n) is 1.77. The van der Waals surface area contributed by atoms with Crippen LogP contribution in [0, 0.1) is 0 Å². The van der Waals surface area contributed by atoms with Gasteiger partial charge >= 0.3 is 5.97 Å². The number of carboxylic acid groups (broad SMARTS) is 1. The number of rotatable bonds is 5.